The molecule has 2 aliphatic heterocycles. The highest BCUT2D eigenvalue weighted by atomic mass is 16.8. The van der Waals surface area contributed by atoms with Gasteiger partial charge in [-0.25, -0.2) is 0 Å². The second-order valence-corrected chi connectivity index (χ2v) is 6.85. The maximum absolute atomic E-state index is 12.0. The normalized spacial score (nSPS) is 34.4. The molecule has 0 aliphatic carbocycles. The molecule has 120 valence electrons. The zero-order valence-electron chi connectivity index (χ0n) is 13.3. The molecule has 2 saturated heterocycles. The van der Waals surface area contributed by atoms with E-state index in [1.807, 2.05) is 0 Å². The quantitative estimate of drug-likeness (QED) is 0.764. The van der Waals surface area contributed by atoms with E-state index in [-0.39, 0.29) is 5.91 Å². The Hall–Kier alpha value is -1.18. The van der Waals surface area contributed by atoms with Crippen molar-refractivity contribution in [3.8, 4) is 0 Å². The predicted molar refractivity (Wildman–Crippen MR) is 71.8 cm³/mol. The Balaban J connectivity index is 2.12. The average Bonchev–Trinajstić information content (AvgIpc) is 2.73. The number of hydrogen-bond donors (Lipinski definition) is 1. The first kappa shape index (κ1) is 16.2. The van der Waals surface area contributed by atoms with E-state index in [0.29, 0.717) is 0 Å². The van der Waals surface area contributed by atoms with Crippen LogP contribution in [0.25, 0.3) is 0 Å². The third-order valence-corrected chi connectivity index (χ3v) is 3.19. The molecule has 2 rings (SSSR count). The predicted octanol–water partition coefficient (Wildman–Crippen LogP) is 0.914. The Morgan fingerprint density at radius 3 is 2.24 bits per heavy atom. The number of hydrogen-bond acceptors (Lipinski definition) is 6. The molecule has 0 aromatic carbocycles. The van der Waals surface area contributed by atoms with Crippen molar-refractivity contribution in [2.45, 2.75) is 72.1 Å². The Labute approximate surface area is 124 Å². The fourth-order valence-corrected chi connectivity index (χ4v) is 2.25. The molecule has 2 heterocycles. The van der Waals surface area contributed by atoms with Crippen LogP contribution in [0.5, 0.6) is 0 Å². The highest BCUT2D eigenvalue weighted by Crippen LogP contribution is 2.38. The van der Waals surface area contributed by atoms with Crippen molar-refractivity contribution in [1.82, 2.24) is 5.32 Å². The lowest BCUT2D eigenvalue weighted by Crippen LogP contribution is -2.42. The molecule has 2 fully saturated rings. The fraction of sp³-hybridized carbons (Fsp3) is 0.857. The van der Waals surface area contributed by atoms with Gasteiger partial charge < -0.3 is 24.3 Å². The van der Waals surface area contributed by atoms with E-state index in [9.17, 15) is 9.59 Å². The molecule has 0 aromatic heterocycles. The van der Waals surface area contributed by atoms with Crippen molar-refractivity contribution in [1.29, 1.82) is 0 Å². The molecular weight excluding hydrogens is 278 g/mol. The lowest BCUT2D eigenvalue weighted by Gasteiger charge is -2.26. The molecule has 7 nitrogen and oxygen atoms in total. The van der Waals surface area contributed by atoms with Crippen LogP contribution in [0.3, 0.4) is 0 Å². The van der Waals surface area contributed by atoms with Gasteiger partial charge in [-0.05, 0) is 34.6 Å². The summed E-state index contributed by atoms with van der Waals surface area (Å²) in [6.45, 7) is 10.2. The minimum atomic E-state index is -0.902. The summed E-state index contributed by atoms with van der Waals surface area (Å²) in [7, 11) is 0. The van der Waals surface area contributed by atoms with Gasteiger partial charge in [0.2, 0.25) is 12.2 Å². The van der Waals surface area contributed by atoms with Gasteiger partial charge >= 0.3 is 5.97 Å². The largest absolute Gasteiger partial charge is 0.432 e. The Morgan fingerprint density at radius 1 is 1.14 bits per heavy atom. The molecule has 0 aromatic rings. The topological polar surface area (TPSA) is 83.1 Å². The van der Waals surface area contributed by atoms with Gasteiger partial charge in [-0.15, -0.1) is 0 Å². The minimum absolute atomic E-state index is 0.255. The second kappa shape index (κ2) is 5.23. The second-order valence-electron chi connectivity index (χ2n) is 6.85. The number of carbonyl (C=O) groups excluding carboxylic acids is 2. The van der Waals surface area contributed by atoms with Gasteiger partial charge in [0.1, 0.15) is 6.10 Å². The highest BCUT2D eigenvalue weighted by Gasteiger charge is 2.57. The molecule has 0 unspecified atom stereocenters. The van der Waals surface area contributed by atoms with E-state index in [1.165, 1.54) is 6.92 Å². The summed E-state index contributed by atoms with van der Waals surface area (Å²) in [6.07, 6.45) is -2.68. The summed E-state index contributed by atoms with van der Waals surface area (Å²) >= 11 is 0. The van der Waals surface area contributed by atoms with E-state index in [0.717, 1.165) is 0 Å². The molecule has 7 heteroatoms. The van der Waals surface area contributed by atoms with Crippen LogP contribution in [0.15, 0.2) is 0 Å². The minimum Gasteiger partial charge on any atom is -0.432 e. The van der Waals surface area contributed by atoms with Gasteiger partial charge in [-0.1, -0.05) is 0 Å². The molecule has 0 bridgehead atoms. The zero-order chi connectivity index (χ0) is 16.0. The number of nitrogens with one attached hydrogen (secondary N) is 1. The Kier molecular flexibility index (Phi) is 4.03. The molecular formula is C14H23NO6. The van der Waals surface area contributed by atoms with Gasteiger partial charge in [-0.2, -0.15) is 0 Å². The Bertz CT molecular complexity index is 441. The number of amides is 1. The SMILES string of the molecule is CC(=O)N[C@H]1O[C@H](OC(=O)C(C)(C)C)[C@@H]2OC(C)(C)O[C@@H]21. The van der Waals surface area contributed by atoms with Crippen LogP contribution in [0.2, 0.25) is 0 Å². The van der Waals surface area contributed by atoms with Crippen molar-refractivity contribution in [3.05, 3.63) is 0 Å². The number of fused-ring (bicyclic) bond motifs is 1. The van der Waals surface area contributed by atoms with E-state index in [2.05, 4.69) is 5.32 Å². The summed E-state index contributed by atoms with van der Waals surface area (Å²) in [5, 5.41) is 2.64. The summed E-state index contributed by atoms with van der Waals surface area (Å²) in [6, 6.07) is 0. The van der Waals surface area contributed by atoms with Gasteiger partial charge in [0.25, 0.3) is 0 Å². The lowest BCUT2D eigenvalue weighted by molar-refractivity contribution is -0.237. The third-order valence-electron chi connectivity index (χ3n) is 3.19. The van der Waals surface area contributed by atoms with Gasteiger partial charge in [0.05, 0.1) is 5.41 Å². The van der Waals surface area contributed by atoms with E-state index < -0.39 is 41.9 Å². The van der Waals surface area contributed by atoms with Crippen molar-refractivity contribution < 1.29 is 28.5 Å². The van der Waals surface area contributed by atoms with Crippen LogP contribution in [0, 0.1) is 5.41 Å². The smallest absolute Gasteiger partial charge is 0.313 e. The van der Waals surface area contributed by atoms with Crippen molar-refractivity contribution in [2.24, 2.45) is 5.41 Å². The first-order chi connectivity index (χ1) is 9.49. The van der Waals surface area contributed by atoms with Crippen molar-refractivity contribution >= 4 is 11.9 Å². The van der Waals surface area contributed by atoms with Crippen LogP contribution in [0.4, 0.5) is 0 Å². The zero-order valence-corrected chi connectivity index (χ0v) is 13.3. The number of carbonyl (C=O) groups is 2. The first-order valence-corrected chi connectivity index (χ1v) is 6.99. The van der Waals surface area contributed by atoms with Crippen LogP contribution in [0.1, 0.15) is 41.5 Å². The van der Waals surface area contributed by atoms with Crippen LogP contribution in [-0.2, 0) is 28.5 Å². The molecule has 0 saturated carbocycles. The number of rotatable bonds is 2. The summed E-state index contributed by atoms with van der Waals surface area (Å²) in [4.78, 5) is 23.3. The van der Waals surface area contributed by atoms with E-state index >= 15 is 0 Å². The number of esters is 1. The van der Waals surface area contributed by atoms with Crippen LogP contribution < -0.4 is 5.32 Å². The average molecular weight is 301 g/mol. The monoisotopic (exact) mass is 301 g/mol. The molecule has 0 spiro atoms. The van der Waals surface area contributed by atoms with E-state index in [1.54, 1.807) is 34.6 Å². The van der Waals surface area contributed by atoms with Crippen LogP contribution in [-0.4, -0.2) is 42.4 Å². The standard InChI is InChI=1S/C14H23NO6/c1-7(16)15-10-8-9(21-14(5,6)20-8)11(18-10)19-12(17)13(2,3)4/h8-11H,1-6H3,(H,15,16)/t8-,9+,10-,11+/m0/s1. The van der Waals surface area contributed by atoms with Gasteiger partial charge in [0, 0.05) is 6.92 Å². The van der Waals surface area contributed by atoms with Gasteiger partial charge in [-0.3, -0.25) is 9.59 Å². The fourth-order valence-electron chi connectivity index (χ4n) is 2.25. The highest BCUT2D eigenvalue weighted by molar-refractivity contribution is 5.75. The van der Waals surface area contributed by atoms with Crippen molar-refractivity contribution in [2.75, 3.05) is 0 Å². The maximum atomic E-state index is 12.0. The molecule has 4 atom stereocenters. The summed E-state index contributed by atoms with van der Waals surface area (Å²) in [5.41, 5.74) is -0.653. The van der Waals surface area contributed by atoms with Gasteiger partial charge in [0.15, 0.2) is 18.1 Å². The summed E-state index contributed by atoms with van der Waals surface area (Å²) in [5.74, 6) is -1.47. The molecule has 1 N–H and O–H groups in total. The number of ether oxygens (including phenoxy) is 4. The third kappa shape index (κ3) is 3.53. The molecule has 21 heavy (non-hydrogen) atoms. The lowest BCUT2D eigenvalue weighted by atomic mass is 9.97. The Morgan fingerprint density at radius 2 is 1.71 bits per heavy atom. The first-order valence-electron chi connectivity index (χ1n) is 6.99. The van der Waals surface area contributed by atoms with Crippen LogP contribution >= 0.6 is 0 Å². The van der Waals surface area contributed by atoms with E-state index in [4.69, 9.17) is 18.9 Å². The molecule has 2 aliphatic rings. The molecule has 1 amide bonds. The summed E-state index contributed by atoms with van der Waals surface area (Å²) < 4.78 is 22.4. The molecule has 0 radical (unpaired) electrons. The maximum Gasteiger partial charge on any atom is 0.313 e. The van der Waals surface area contributed by atoms with Crippen molar-refractivity contribution in [3.63, 3.8) is 0 Å².